The predicted molar refractivity (Wildman–Crippen MR) is 64.0 cm³/mol. The number of aromatic nitrogens is 3. The zero-order chi connectivity index (χ0) is 13.8. The molecule has 8 nitrogen and oxygen atoms in total. The molecule has 0 fully saturated rings. The van der Waals surface area contributed by atoms with Crippen molar-refractivity contribution in [3.8, 4) is 0 Å². The maximum atomic E-state index is 11.7. The predicted octanol–water partition coefficient (Wildman–Crippen LogP) is 0.115. The Bertz CT molecular complexity index is 675. The van der Waals surface area contributed by atoms with E-state index in [0.717, 1.165) is 6.07 Å². The summed E-state index contributed by atoms with van der Waals surface area (Å²) in [6, 6.07) is 5.08. The van der Waals surface area contributed by atoms with Gasteiger partial charge in [0, 0.05) is 18.0 Å². The Morgan fingerprint density at radius 2 is 2.00 bits per heavy atom. The van der Waals surface area contributed by atoms with Crippen LogP contribution in [0.25, 0.3) is 0 Å². The van der Waals surface area contributed by atoms with Crippen LogP contribution < -0.4 is 10.9 Å². The van der Waals surface area contributed by atoms with Crippen LogP contribution in [0.4, 0.5) is 5.69 Å². The van der Waals surface area contributed by atoms with Gasteiger partial charge in [-0.1, -0.05) is 0 Å². The second-order valence-corrected chi connectivity index (χ2v) is 3.50. The highest BCUT2D eigenvalue weighted by Crippen LogP contribution is 2.09. The molecule has 2 rings (SSSR count). The van der Waals surface area contributed by atoms with Crippen molar-refractivity contribution in [2.75, 3.05) is 5.32 Å². The van der Waals surface area contributed by atoms with E-state index in [9.17, 15) is 14.4 Å². The molecule has 0 aliphatic heterocycles. The first-order valence-corrected chi connectivity index (χ1v) is 5.13. The number of nitrogens with one attached hydrogen (secondary N) is 2. The fourth-order valence-electron chi connectivity index (χ4n) is 1.29. The average molecular weight is 260 g/mol. The number of aromatic carboxylic acids is 1. The van der Waals surface area contributed by atoms with Crippen molar-refractivity contribution in [3.63, 3.8) is 0 Å². The largest absolute Gasteiger partial charge is 0.477 e. The van der Waals surface area contributed by atoms with E-state index in [-0.39, 0.29) is 17.1 Å². The molecule has 0 saturated carbocycles. The number of H-pyrrole nitrogens is 1. The number of anilines is 1. The van der Waals surface area contributed by atoms with Crippen LogP contribution in [0.2, 0.25) is 0 Å². The zero-order valence-electron chi connectivity index (χ0n) is 9.45. The molecule has 0 saturated heterocycles. The van der Waals surface area contributed by atoms with Crippen LogP contribution >= 0.6 is 0 Å². The molecular formula is C11H8N4O4. The van der Waals surface area contributed by atoms with E-state index in [1.54, 1.807) is 0 Å². The third-order valence-electron chi connectivity index (χ3n) is 2.15. The molecule has 0 unspecified atom stereocenters. The van der Waals surface area contributed by atoms with Gasteiger partial charge >= 0.3 is 5.97 Å². The van der Waals surface area contributed by atoms with E-state index in [0.29, 0.717) is 0 Å². The Balaban J connectivity index is 2.19. The van der Waals surface area contributed by atoms with Crippen molar-refractivity contribution < 1.29 is 14.7 Å². The number of amides is 1. The summed E-state index contributed by atoms with van der Waals surface area (Å²) in [6.45, 7) is 0. The fraction of sp³-hybridized carbons (Fsp3) is 0. The first-order chi connectivity index (χ1) is 9.06. The second-order valence-electron chi connectivity index (χ2n) is 3.50. The summed E-state index contributed by atoms with van der Waals surface area (Å²) in [5.74, 6) is -1.77. The van der Waals surface area contributed by atoms with Crippen molar-refractivity contribution in [2.24, 2.45) is 0 Å². The number of aromatic amines is 1. The standard InChI is InChI=1S/C11H8N4O4/c16-9-2-1-7(14-15-9)10(17)13-6-3-4-12-8(5-6)11(18)19/h1-5H,(H,15,16)(H,18,19)(H,12,13,17). The summed E-state index contributed by atoms with van der Waals surface area (Å²) in [7, 11) is 0. The summed E-state index contributed by atoms with van der Waals surface area (Å²) in [5, 5.41) is 16.9. The van der Waals surface area contributed by atoms with Gasteiger partial charge in [0.15, 0.2) is 0 Å². The van der Waals surface area contributed by atoms with Gasteiger partial charge in [-0.2, -0.15) is 5.10 Å². The summed E-state index contributed by atoms with van der Waals surface area (Å²) < 4.78 is 0. The molecule has 1 amide bonds. The maximum Gasteiger partial charge on any atom is 0.354 e. The Morgan fingerprint density at radius 3 is 2.63 bits per heavy atom. The van der Waals surface area contributed by atoms with Gasteiger partial charge in [-0.3, -0.25) is 9.59 Å². The minimum absolute atomic E-state index is 0.00767. The molecule has 2 aromatic heterocycles. The zero-order valence-corrected chi connectivity index (χ0v) is 9.45. The minimum atomic E-state index is -1.20. The third-order valence-corrected chi connectivity index (χ3v) is 2.15. The summed E-state index contributed by atoms with van der Waals surface area (Å²) in [5.41, 5.74) is -0.334. The molecule has 0 aromatic carbocycles. The monoisotopic (exact) mass is 260 g/mol. The highest BCUT2D eigenvalue weighted by Gasteiger charge is 2.10. The number of rotatable bonds is 3. The summed E-state index contributed by atoms with van der Waals surface area (Å²) >= 11 is 0. The molecular weight excluding hydrogens is 252 g/mol. The first kappa shape index (κ1) is 12.4. The molecule has 0 aliphatic carbocycles. The number of hydrogen-bond donors (Lipinski definition) is 3. The van der Waals surface area contributed by atoms with Gasteiger partial charge in [0.25, 0.3) is 11.5 Å². The van der Waals surface area contributed by atoms with Gasteiger partial charge in [-0.25, -0.2) is 14.9 Å². The Morgan fingerprint density at radius 1 is 1.21 bits per heavy atom. The lowest BCUT2D eigenvalue weighted by Gasteiger charge is -2.04. The first-order valence-electron chi connectivity index (χ1n) is 5.13. The van der Waals surface area contributed by atoms with Gasteiger partial charge in [-0.05, 0) is 18.2 Å². The molecule has 0 radical (unpaired) electrons. The Hall–Kier alpha value is -3.03. The van der Waals surface area contributed by atoms with Crippen LogP contribution in [-0.2, 0) is 0 Å². The minimum Gasteiger partial charge on any atom is -0.477 e. The molecule has 0 atom stereocenters. The van der Waals surface area contributed by atoms with Crippen LogP contribution in [0, 0.1) is 0 Å². The smallest absolute Gasteiger partial charge is 0.354 e. The number of nitrogens with zero attached hydrogens (tertiary/aromatic N) is 2. The molecule has 3 N–H and O–H groups in total. The van der Waals surface area contributed by atoms with Crippen LogP contribution in [0.5, 0.6) is 0 Å². The number of carboxylic acids is 1. The molecule has 2 heterocycles. The molecule has 0 aliphatic rings. The number of carbonyl (C=O) groups is 2. The van der Waals surface area contributed by atoms with Crippen LogP contribution in [0.15, 0.2) is 35.3 Å². The van der Waals surface area contributed by atoms with E-state index in [2.05, 4.69) is 20.5 Å². The fourth-order valence-corrected chi connectivity index (χ4v) is 1.29. The van der Waals surface area contributed by atoms with Crippen molar-refractivity contribution in [1.29, 1.82) is 0 Å². The lowest BCUT2D eigenvalue weighted by Crippen LogP contribution is -2.17. The van der Waals surface area contributed by atoms with Crippen LogP contribution in [0.1, 0.15) is 21.0 Å². The van der Waals surface area contributed by atoms with Gasteiger partial charge in [0.05, 0.1) is 0 Å². The van der Waals surface area contributed by atoms with Crippen LogP contribution in [0.3, 0.4) is 0 Å². The van der Waals surface area contributed by atoms with Crippen LogP contribution in [-0.4, -0.2) is 32.2 Å². The maximum absolute atomic E-state index is 11.7. The molecule has 96 valence electrons. The van der Waals surface area contributed by atoms with E-state index in [1.807, 2.05) is 0 Å². The average Bonchev–Trinajstić information content (AvgIpc) is 2.39. The molecule has 8 heteroatoms. The topological polar surface area (TPSA) is 125 Å². The van der Waals surface area contributed by atoms with Gasteiger partial charge in [-0.15, -0.1) is 0 Å². The highest BCUT2D eigenvalue weighted by atomic mass is 16.4. The normalized spacial score (nSPS) is 9.89. The summed E-state index contributed by atoms with van der Waals surface area (Å²) in [4.78, 5) is 36.9. The second kappa shape index (κ2) is 5.08. The molecule has 2 aromatic rings. The van der Waals surface area contributed by atoms with E-state index >= 15 is 0 Å². The number of carboxylic acid groups (broad SMARTS) is 1. The van der Waals surface area contributed by atoms with Gasteiger partial charge in [0.1, 0.15) is 11.4 Å². The van der Waals surface area contributed by atoms with Gasteiger partial charge < -0.3 is 10.4 Å². The number of carbonyl (C=O) groups excluding carboxylic acids is 1. The van der Waals surface area contributed by atoms with E-state index in [4.69, 9.17) is 5.11 Å². The lowest BCUT2D eigenvalue weighted by molar-refractivity contribution is 0.0690. The highest BCUT2D eigenvalue weighted by molar-refractivity contribution is 6.03. The number of pyridine rings is 1. The van der Waals surface area contributed by atoms with E-state index in [1.165, 1.54) is 24.4 Å². The van der Waals surface area contributed by atoms with Crippen molar-refractivity contribution in [2.45, 2.75) is 0 Å². The Kier molecular flexibility index (Phi) is 3.33. The number of hydrogen-bond acceptors (Lipinski definition) is 5. The quantitative estimate of drug-likeness (QED) is 0.719. The van der Waals surface area contributed by atoms with Crippen molar-refractivity contribution in [1.82, 2.24) is 15.2 Å². The lowest BCUT2D eigenvalue weighted by atomic mass is 10.3. The summed E-state index contributed by atoms with van der Waals surface area (Å²) in [6.07, 6.45) is 1.26. The van der Waals surface area contributed by atoms with Gasteiger partial charge in [0.2, 0.25) is 0 Å². The molecule has 0 spiro atoms. The SMILES string of the molecule is O=C(O)c1cc(NC(=O)c2ccc(=O)[nH]n2)ccn1. The van der Waals surface area contributed by atoms with Crippen molar-refractivity contribution >= 4 is 17.6 Å². The van der Waals surface area contributed by atoms with Crippen molar-refractivity contribution in [3.05, 3.63) is 52.2 Å². The third kappa shape index (κ3) is 3.00. The molecule has 19 heavy (non-hydrogen) atoms. The molecule has 0 bridgehead atoms. The van der Waals surface area contributed by atoms with E-state index < -0.39 is 17.4 Å². The Labute approximate surface area is 106 Å².